The summed E-state index contributed by atoms with van der Waals surface area (Å²) in [5.41, 5.74) is 0. The molecule has 0 aromatic heterocycles. The van der Waals surface area contributed by atoms with Gasteiger partial charge in [0.15, 0.2) is 4.32 Å². The number of carbonyl (C=O) groups is 1. The predicted molar refractivity (Wildman–Crippen MR) is 33.7 cm³/mol. The van der Waals surface area contributed by atoms with E-state index in [1.165, 1.54) is 11.8 Å². The highest BCUT2D eigenvalue weighted by atomic mass is 32.2. The Kier molecular flexibility index (Phi) is 1.50. The molecule has 0 spiro atoms. The molecule has 0 aliphatic carbocycles. The number of thiocarbonyl (C=S) groups is 1. The Bertz CT molecular complexity index is 130. The number of thioether (sulfide) groups is 1. The first-order valence-corrected chi connectivity index (χ1v) is 3.30. The van der Waals surface area contributed by atoms with E-state index in [2.05, 4.69) is 12.2 Å². The standard InChI is InChI=1S/C3H3NO2S2/c5-2-1-8-3(7)4(2)6/h6H,1H2. The van der Waals surface area contributed by atoms with Crippen molar-refractivity contribution in [2.24, 2.45) is 0 Å². The van der Waals surface area contributed by atoms with E-state index in [4.69, 9.17) is 5.21 Å². The van der Waals surface area contributed by atoms with Gasteiger partial charge in [0, 0.05) is 0 Å². The topological polar surface area (TPSA) is 40.5 Å². The van der Waals surface area contributed by atoms with Gasteiger partial charge in [-0.15, -0.1) is 0 Å². The van der Waals surface area contributed by atoms with Crippen molar-refractivity contribution < 1.29 is 10.0 Å². The maximum Gasteiger partial charge on any atom is 0.262 e. The number of amides is 1. The molecule has 0 radical (unpaired) electrons. The third kappa shape index (κ3) is 0.841. The van der Waals surface area contributed by atoms with Crippen molar-refractivity contribution in [3.05, 3.63) is 0 Å². The lowest BCUT2D eigenvalue weighted by atomic mass is 10.7. The monoisotopic (exact) mass is 149 g/mol. The molecule has 1 rings (SSSR count). The molecule has 0 bridgehead atoms. The van der Waals surface area contributed by atoms with Crippen LogP contribution in [0.3, 0.4) is 0 Å². The molecule has 1 fully saturated rings. The van der Waals surface area contributed by atoms with Crippen LogP contribution in [0.2, 0.25) is 0 Å². The van der Waals surface area contributed by atoms with Gasteiger partial charge in [0.05, 0.1) is 5.75 Å². The lowest BCUT2D eigenvalue weighted by Crippen LogP contribution is -2.23. The number of hydrogen-bond donors (Lipinski definition) is 1. The van der Waals surface area contributed by atoms with Crippen molar-refractivity contribution in [3.8, 4) is 0 Å². The van der Waals surface area contributed by atoms with Crippen LogP contribution in [0.1, 0.15) is 0 Å². The number of hydrogen-bond acceptors (Lipinski definition) is 4. The molecular weight excluding hydrogens is 146 g/mol. The Labute approximate surface area is 55.6 Å². The molecule has 1 amide bonds. The predicted octanol–water partition coefficient (Wildman–Crippen LogP) is 0.236. The Balaban J connectivity index is 2.70. The summed E-state index contributed by atoms with van der Waals surface area (Å²) in [7, 11) is 0. The Morgan fingerprint density at radius 2 is 2.50 bits per heavy atom. The normalized spacial score (nSPS) is 20.4. The minimum Gasteiger partial charge on any atom is -0.280 e. The fourth-order valence-electron chi connectivity index (χ4n) is 0.348. The highest BCUT2D eigenvalue weighted by Gasteiger charge is 2.24. The summed E-state index contributed by atoms with van der Waals surface area (Å²) >= 11 is 5.71. The molecule has 44 valence electrons. The van der Waals surface area contributed by atoms with Crippen molar-refractivity contribution >= 4 is 34.2 Å². The van der Waals surface area contributed by atoms with Gasteiger partial charge in [-0.05, 0) is 12.2 Å². The minimum atomic E-state index is -0.333. The molecule has 1 aliphatic rings. The van der Waals surface area contributed by atoms with Crippen LogP contribution in [0.5, 0.6) is 0 Å². The largest absolute Gasteiger partial charge is 0.280 e. The number of carbonyl (C=O) groups excluding carboxylic acids is 1. The van der Waals surface area contributed by atoms with E-state index in [1.807, 2.05) is 0 Å². The van der Waals surface area contributed by atoms with Crippen LogP contribution >= 0.6 is 24.0 Å². The van der Waals surface area contributed by atoms with Crippen LogP contribution in [0.15, 0.2) is 0 Å². The van der Waals surface area contributed by atoms with E-state index in [1.54, 1.807) is 0 Å². The zero-order valence-electron chi connectivity index (χ0n) is 3.83. The second kappa shape index (κ2) is 2.00. The van der Waals surface area contributed by atoms with Gasteiger partial charge in [-0.25, -0.2) is 0 Å². The van der Waals surface area contributed by atoms with Gasteiger partial charge in [0.1, 0.15) is 0 Å². The van der Waals surface area contributed by atoms with Gasteiger partial charge in [-0.1, -0.05) is 11.8 Å². The Hall–Kier alpha value is -0.130. The van der Waals surface area contributed by atoms with Gasteiger partial charge in [0.25, 0.3) is 5.91 Å². The average molecular weight is 149 g/mol. The number of rotatable bonds is 0. The van der Waals surface area contributed by atoms with E-state index in [0.717, 1.165) is 0 Å². The summed E-state index contributed by atoms with van der Waals surface area (Å²) in [5, 5.41) is 9.09. The third-order valence-corrected chi connectivity index (χ3v) is 2.07. The van der Waals surface area contributed by atoms with Crippen molar-refractivity contribution in [2.75, 3.05) is 5.75 Å². The summed E-state index contributed by atoms with van der Waals surface area (Å²) in [5.74, 6) is -0.0602. The van der Waals surface area contributed by atoms with Crippen molar-refractivity contribution in [1.82, 2.24) is 5.06 Å². The van der Waals surface area contributed by atoms with Gasteiger partial charge >= 0.3 is 0 Å². The molecule has 1 N–H and O–H groups in total. The van der Waals surface area contributed by atoms with Crippen LogP contribution in [-0.2, 0) is 4.79 Å². The highest BCUT2D eigenvalue weighted by molar-refractivity contribution is 8.23. The fraction of sp³-hybridized carbons (Fsp3) is 0.333. The summed E-state index contributed by atoms with van der Waals surface area (Å²) < 4.78 is 0.245. The molecular formula is C3H3NO2S2. The highest BCUT2D eigenvalue weighted by Crippen LogP contribution is 2.15. The molecule has 0 atom stereocenters. The maximum absolute atomic E-state index is 10.4. The van der Waals surface area contributed by atoms with Gasteiger partial charge < -0.3 is 0 Å². The molecule has 5 heteroatoms. The molecule has 0 saturated carbocycles. The van der Waals surface area contributed by atoms with E-state index >= 15 is 0 Å². The van der Waals surface area contributed by atoms with Gasteiger partial charge in [-0.2, -0.15) is 5.06 Å². The fourth-order valence-corrected chi connectivity index (χ4v) is 1.22. The molecule has 1 saturated heterocycles. The lowest BCUT2D eigenvalue weighted by molar-refractivity contribution is -0.144. The van der Waals surface area contributed by atoms with Crippen LogP contribution in [0.4, 0.5) is 0 Å². The van der Waals surface area contributed by atoms with Crippen LogP contribution in [0, 0.1) is 0 Å². The maximum atomic E-state index is 10.4. The summed E-state index contributed by atoms with van der Waals surface area (Å²) in [6.45, 7) is 0. The van der Waals surface area contributed by atoms with Gasteiger partial charge in [-0.3, -0.25) is 10.0 Å². The Morgan fingerprint density at radius 1 is 1.88 bits per heavy atom. The summed E-state index contributed by atoms with van der Waals surface area (Å²) in [6.07, 6.45) is 0. The van der Waals surface area contributed by atoms with Crippen LogP contribution in [0.25, 0.3) is 0 Å². The van der Waals surface area contributed by atoms with E-state index < -0.39 is 0 Å². The second-order valence-corrected chi connectivity index (χ2v) is 2.87. The minimum absolute atomic E-state index is 0.245. The van der Waals surface area contributed by atoms with E-state index in [-0.39, 0.29) is 16.0 Å². The van der Waals surface area contributed by atoms with E-state index in [9.17, 15) is 4.79 Å². The summed E-state index contributed by atoms with van der Waals surface area (Å²) in [6, 6.07) is 0. The van der Waals surface area contributed by atoms with Crippen LogP contribution < -0.4 is 0 Å². The smallest absolute Gasteiger partial charge is 0.262 e. The van der Waals surface area contributed by atoms with Crippen LogP contribution in [-0.4, -0.2) is 26.3 Å². The van der Waals surface area contributed by atoms with E-state index in [0.29, 0.717) is 5.06 Å². The quantitative estimate of drug-likeness (QED) is 0.395. The molecule has 0 aromatic rings. The van der Waals surface area contributed by atoms with Gasteiger partial charge in [0.2, 0.25) is 0 Å². The zero-order chi connectivity index (χ0) is 6.15. The van der Waals surface area contributed by atoms with Crippen molar-refractivity contribution in [1.29, 1.82) is 0 Å². The lowest BCUT2D eigenvalue weighted by Gasteiger charge is -2.00. The second-order valence-electron chi connectivity index (χ2n) is 1.26. The molecule has 3 nitrogen and oxygen atoms in total. The zero-order valence-corrected chi connectivity index (χ0v) is 5.46. The molecule has 1 aliphatic heterocycles. The SMILES string of the molecule is O=C1CSC(=S)N1O. The average Bonchev–Trinajstić information content (AvgIpc) is 1.98. The van der Waals surface area contributed by atoms with Crippen molar-refractivity contribution in [3.63, 3.8) is 0 Å². The van der Waals surface area contributed by atoms with Crippen molar-refractivity contribution in [2.45, 2.75) is 0 Å². The molecule has 1 heterocycles. The molecule has 8 heavy (non-hydrogen) atoms. The third-order valence-electron chi connectivity index (χ3n) is 0.728. The molecule has 0 unspecified atom stereocenters. The summed E-state index contributed by atoms with van der Waals surface area (Å²) in [4.78, 5) is 10.4. The first-order chi connectivity index (χ1) is 3.72. The first-order valence-electron chi connectivity index (χ1n) is 1.90. The Morgan fingerprint density at radius 3 is 2.62 bits per heavy atom. The first kappa shape index (κ1) is 6.00. The molecule has 0 aromatic carbocycles. The number of nitrogens with zero attached hydrogens (tertiary/aromatic N) is 1. The number of hydroxylamine groups is 2.